The summed E-state index contributed by atoms with van der Waals surface area (Å²) in [6.45, 7) is 4.23. The van der Waals surface area contributed by atoms with Crippen molar-refractivity contribution >= 4 is 16.6 Å². The van der Waals surface area contributed by atoms with Crippen LogP contribution in [0.3, 0.4) is 0 Å². The van der Waals surface area contributed by atoms with Crippen molar-refractivity contribution in [1.29, 1.82) is 0 Å². The Labute approximate surface area is 99.2 Å². The second-order valence-corrected chi connectivity index (χ2v) is 4.25. The normalized spacial score (nSPS) is 12.8. The number of nitrogens with zero attached hydrogens (tertiary/aromatic N) is 3. The molecule has 0 aliphatic rings. The molecule has 17 heavy (non-hydrogen) atoms. The van der Waals surface area contributed by atoms with Gasteiger partial charge >= 0.3 is 0 Å². The third kappa shape index (κ3) is 2.27. The first-order valence-corrected chi connectivity index (χ1v) is 5.75. The van der Waals surface area contributed by atoms with Gasteiger partial charge in [0.25, 0.3) is 5.69 Å². The third-order valence-electron chi connectivity index (χ3n) is 2.87. The Morgan fingerprint density at radius 1 is 1.53 bits per heavy atom. The maximum atomic E-state index is 10.7. The molecular weight excluding hydrogens is 218 g/mol. The smallest absolute Gasteiger partial charge is 0.269 e. The summed E-state index contributed by atoms with van der Waals surface area (Å²) >= 11 is 0. The molecule has 2 aromatic rings. The highest BCUT2D eigenvalue weighted by Crippen LogP contribution is 2.22. The Morgan fingerprint density at radius 2 is 2.29 bits per heavy atom. The molecule has 5 nitrogen and oxygen atoms in total. The van der Waals surface area contributed by atoms with Gasteiger partial charge in [0.15, 0.2) is 0 Å². The molecule has 0 N–H and O–H groups in total. The fourth-order valence-electron chi connectivity index (χ4n) is 1.92. The summed E-state index contributed by atoms with van der Waals surface area (Å²) in [5, 5.41) is 15.9. The minimum Gasteiger partial charge on any atom is -0.269 e. The molecule has 1 atom stereocenters. The van der Waals surface area contributed by atoms with Crippen molar-refractivity contribution in [3.63, 3.8) is 0 Å². The van der Waals surface area contributed by atoms with Gasteiger partial charge in [-0.15, -0.1) is 0 Å². The van der Waals surface area contributed by atoms with Crippen molar-refractivity contribution < 1.29 is 4.92 Å². The van der Waals surface area contributed by atoms with Crippen LogP contribution in [0.25, 0.3) is 10.9 Å². The first kappa shape index (κ1) is 11.6. The van der Waals surface area contributed by atoms with Gasteiger partial charge < -0.3 is 0 Å². The van der Waals surface area contributed by atoms with Crippen molar-refractivity contribution in [3.05, 3.63) is 34.5 Å². The standard InChI is InChI=1S/C12H15N3O2/c1-3-4-9(2)14-8-10-7-11(15(16)17)5-6-12(10)13-14/h5-9H,3-4H2,1-2H3. The van der Waals surface area contributed by atoms with Crippen LogP contribution >= 0.6 is 0 Å². The molecule has 0 saturated heterocycles. The molecule has 0 spiro atoms. The van der Waals surface area contributed by atoms with Crippen LogP contribution in [0.5, 0.6) is 0 Å². The van der Waals surface area contributed by atoms with Crippen LogP contribution in [-0.2, 0) is 0 Å². The predicted octanol–water partition coefficient (Wildman–Crippen LogP) is 3.31. The van der Waals surface area contributed by atoms with E-state index in [-0.39, 0.29) is 10.6 Å². The van der Waals surface area contributed by atoms with E-state index in [0.29, 0.717) is 6.04 Å². The molecule has 0 saturated carbocycles. The topological polar surface area (TPSA) is 61.0 Å². The van der Waals surface area contributed by atoms with E-state index in [4.69, 9.17) is 0 Å². The summed E-state index contributed by atoms with van der Waals surface area (Å²) < 4.78 is 1.89. The molecule has 1 aromatic carbocycles. The van der Waals surface area contributed by atoms with E-state index in [0.717, 1.165) is 23.7 Å². The number of nitro groups is 1. The Kier molecular flexibility index (Phi) is 3.08. The fraction of sp³-hybridized carbons (Fsp3) is 0.417. The van der Waals surface area contributed by atoms with E-state index >= 15 is 0 Å². The number of aromatic nitrogens is 2. The molecule has 2 rings (SSSR count). The summed E-state index contributed by atoms with van der Waals surface area (Å²) in [5.41, 5.74) is 0.916. The zero-order valence-electron chi connectivity index (χ0n) is 9.96. The Bertz CT molecular complexity index is 548. The fourth-order valence-corrected chi connectivity index (χ4v) is 1.92. The van der Waals surface area contributed by atoms with Crippen molar-refractivity contribution in [1.82, 2.24) is 9.78 Å². The minimum atomic E-state index is -0.383. The van der Waals surface area contributed by atoms with E-state index < -0.39 is 0 Å². The highest BCUT2D eigenvalue weighted by Gasteiger charge is 2.10. The maximum absolute atomic E-state index is 10.7. The molecule has 0 fully saturated rings. The van der Waals surface area contributed by atoms with Gasteiger partial charge in [-0.1, -0.05) is 13.3 Å². The quantitative estimate of drug-likeness (QED) is 0.601. The van der Waals surface area contributed by atoms with Gasteiger partial charge in [0.05, 0.1) is 10.4 Å². The molecule has 0 radical (unpaired) electrons. The number of fused-ring (bicyclic) bond motifs is 1. The zero-order valence-corrected chi connectivity index (χ0v) is 9.96. The van der Waals surface area contributed by atoms with Crippen molar-refractivity contribution in [2.45, 2.75) is 32.7 Å². The number of hydrogen-bond donors (Lipinski definition) is 0. The van der Waals surface area contributed by atoms with Crippen molar-refractivity contribution in [2.75, 3.05) is 0 Å². The largest absolute Gasteiger partial charge is 0.270 e. The Morgan fingerprint density at radius 3 is 2.94 bits per heavy atom. The van der Waals surface area contributed by atoms with Crippen molar-refractivity contribution in [2.24, 2.45) is 0 Å². The first-order valence-electron chi connectivity index (χ1n) is 5.75. The average molecular weight is 233 g/mol. The molecule has 1 heterocycles. The lowest BCUT2D eigenvalue weighted by Crippen LogP contribution is -2.04. The van der Waals surface area contributed by atoms with Crippen LogP contribution in [0, 0.1) is 10.1 Å². The predicted molar refractivity (Wildman–Crippen MR) is 66.0 cm³/mol. The SMILES string of the molecule is CCCC(C)n1cc2cc([N+](=O)[O-])ccc2n1. The van der Waals surface area contributed by atoms with Gasteiger partial charge in [0, 0.05) is 29.8 Å². The second kappa shape index (κ2) is 4.53. The van der Waals surface area contributed by atoms with Crippen LogP contribution in [0.4, 0.5) is 5.69 Å². The van der Waals surface area contributed by atoms with E-state index in [9.17, 15) is 10.1 Å². The van der Waals surface area contributed by atoms with Crippen LogP contribution in [0.1, 0.15) is 32.7 Å². The number of hydrogen-bond acceptors (Lipinski definition) is 3. The molecule has 0 aliphatic heterocycles. The number of non-ortho nitro benzene ring substituents is 1. The van der Waals surface area contributed by atoms with Crippen LogP contribution in [0.15, 0.2) is 24.4 Å². The van der Waals surface area contributed by atoms with Crippen molar-refractivity contribution in [3.8, 4) is 0 Å². The third-order valence-corrected chi connectivity index (χ3v) is 2.87. The van der Waals surface area contributed by atoms with E-state index in [2.05, 4.69) is 18.9 Å². The Balaban J connectivity index is 2.40. The average Bonchev–Trinajstić information content (AvgIpc) is 2.71. The summed E-state index contributed by atoms with van der Waals surface area (Å²) in [4.78, 5) is 10.3. The highest BCUT2D eigenvalue weighted by molar-refractivity contribution is 5.80. The summed E-state index contributed by atoms with van der Waals surface area (Å²) in [5.74, 6) is 0. The number of rotatable bonds is 4. The van der Waals surface area contributed by atoms with E-state index in [1.54, 1.807) is 12.1 Å². The molecule has 1 unspecified atom stereocenters. The van der Waals surface area contributed by atoms with E-state index in [1.807, 2.05) is 10.9 Å². The molecule has 0 bridgehead atoms. The molecule has 0 aliphatic carbocycles. The summed E-state index contributed by atoms with van der Waals surface area (Å²) in [7, 11) is 0. The molecule has 90 valence electrons. The lowest BCUT2D eigenvalue weighted by Gasteiger charge is -2.09. The monoisotopic (exact) mass is 233 g/mol. The number of benzene rings is 1. The Hall–Kier alpha value is -1.91. The second-order valence-electron chi connectivity index (χ2n) is 4.25. The van der Waals surface area contributed by atoms with E-state index in [1.165, 1.54) is 6.07 Å². The van der Waals surface area contributed by atoms with Crippen LogP contribution in [0.2, 0.25) is 0 Å². The maximum Gasteiger partial charge on any atom is 0.270 e. The number of nitro benzene ring substituents is 1. The molecule has 1 aromatic heterocycles. The van der Waals surface area contributed by atoms with Gasteiger partial charge in [0.1, 0.15) is 0 Å². The first-order chi connectivity index (χ1) is 8.11. The van der Waals surface area contributed by atoms with Gasteiger partial charge in [-0.05, 0) is 19.4 Å². The molecular formula is C12H15N3O2. The van der Waals surface area contributed by atoms with Gasteiger partial charge in [-0.2, -0.15) is 5.10 Å². The van der Waals surface area contributed by atoms with Gasteiger partial charge in [0.2, 0.25) is 0 Å². The zero-order chi connectivity index (χ0) is 12.4. The summed E-state index contributed by atoms with van der Waals surface area (Å²) in [6, 6.07) is 5.08. The molecule has 0 amide bonds. The minimum absolute atomic E-state index is 0.111. The molecule has 5 heteroatoms. The summed E-state index contributed by atoms with van der Waals surface area (Å²) in [6.07, 6.45) is 4.02. The lowest BCUT2D eigenvalue weighted by molar-refractivity contribution is -0.384. The highest BCUT2D eigenvalue weighted by atomic mass is 16.6. The lowest BCUT2D eigenvalue weighted by atomic mass is 10.2. The van der Waals surface area contributed by atoms with Crippen LogP contribution in [-0.4, -0.2) is 14.7 Å². The van der Waals surface area contributed by atoms with Gasteiger partial charge in [-0.25, -0.2) is 0 Å². The van der Waals surface area contributed by atoms with Gasteiger partial charge in [-0.3, -0.25) is 14.8 Å². The van der Waals surface area contributed by atoms with Crippen LogP contribution < -0.4 is 0 Å².